The molecule has 0 aliphatic carbocycles. The van der Waals surface area contributed by atoms with Gasteiger partial charge in [-0.15, -0.1) is 0 Å². The van der Waals surface area contributed by atoms with Gasteiger partial charge in [-0.25, -0.2) is 0 Å². The molecule has 0 radical (unpaired) electrons. The van der Waals surface area contributed by atoms with Crippen LogP contribution in [-0.2, 0) is 4.79 Å². The maximum absolute atomic E-state index is 12.0. The van der Waals surface area contributed by atoms with Crippen LogP contribution in [-0.4, -0.2) is 17.4 Å². The first-order valence-electron chi connectivity index (χ1n) is 7.53. The Morgan fingerprint density at radius 3 is 2.57 bits per heavy atom. The van der Waals surface area contributed by atoms with Crippen molar-refractivity contribution < 1.29 is 4.79 Å². The highest BCUT2D eigenvalue weighted by Crippen LogP contribution is 2.37. The predicted octanol–water partition coefficient (Wildman–Crippen LogP) is 4.93. The lowest BCUT2D eigenvalue weighted by Gasteiger charge is -2.23. The molecule has 3 nitrogen and oxygen atoms in total. The van der Waals surface area contributed by atoms with Crippen LogP contribution in [0, 0.1) is 0 Å². The minimum Gasteiger partial charge on any atom is -0.311 e. The van der Waals surface area contributed by atoms with Crippen LogP contribution in [0.2, 0.25) is 5.02 Å². The van der Waals surface area contributed by atoms with E-state index in [1.807, 2.05) is 55.5 Å². The van der Waals surface area contributed by atoms with E-state index in [2.05, 4.69) is 4.98 Å². The molecule has 23 heavy (non-hydrogen) atoms. The van der Waals surface area contributed by atoms with Gasteiger partial charge in [-0.1, -0.05) is 41.9 Å². The van der Waals surface area contributed by atoms with Crippen molar-refractivity contribution in [3.05, 3.63) is 59.8 Å². The van der Waals surface area contributed by atoms with Crippen molar-refractivity contribution >= 4 is 34.1 Å². The number of benzene rings is 2. The zero-order valence-corrected chi connectivity index (χ0v) is 13.8. The highest BCUT2D eigenvalue weighted by atomic mass is 35.5. The number of hydrogen-bond donors (Lipinski definition) is 0. The van der Waals surface area contributed by atoms with Crippen LogP contribution in [0.5, 0.6) is 0 Å². The Morgan fingerprint density at radius 2 is 1.91 bits per heavy atom. The van der Waals surface area contributed by atoms with Gasteiger partial charge in [0.25, 0.3) is 0 Å². The summed E-state index contributed by atoms with van der Waals surface area (Å²) in [5, 5.41) is 1.60. The van der Waals surface area contributed by atoms with E-state index in [1.54, 1.807) is 18.0 Å². The highest BCUT2D eigenvalue weighted by Gasteiger charge is 2.18. The third-order valence-corrected chi connectivity index (χ3v) is 4.09. The van der Waals surface area contributed by atoms with Crippen LogP contribution in [0.3, 0.4) is 0 Å². The molecule has 0 spiro atoms. The van der Waals surface area contributed by atoms with E-state index < -0.39 is 0 Å². The lowest BCUT2D eigenvalue weighted by molar-refractivity contribution is -0.116. The summed E-state index contributed by atoms with van der Waals surface area (Å²) in [7, 11) is 0. The molecule has 0 N–H and O–H groups in total. The van der Waals surface area contributed by atoms with Crippen molar-refractivity contribution in [3.8, 4) is 11.1 Å². The quantitative estimate of drug-likeness (QED) is 0.684. The van der Waals surface area contributed by atoms with Crippen LogP contribution >= 0.6 is 11.6 Å². The van der Waals surface area contributed by atoms with Gasteiger partial charge in [0.1, 0.15) is 0 Å². The van der Waals surface area contributed by atoms with Crippen molar-refractivity contribution in [1.29, 1.82) is 0 Å². The van der Waals surface area contributed by atoms with Gasteiger partial charge in [0, 0.05) is 29.4 Å². The Kier molecular flexibility index (Phi) is 4.30. The molecule has 4 heteroatoms. The fourth-order valence-electron chi connectivity index (χ4n) is 2.83. The van der Waals surface area contributed by atoms with Gasteiger partial charge < -0.3 is 4.90 Å². The highest BCUT2D eigenvalue weighted by molar-refractivity contribution is 6.31. The molecule has 0 aliphatic rings. The van der Waals surface area contributed by atoms with E-state index in [-0.39, 0.29) is 5.91 Å². The van der Waals surface area contributed by atoms with Crippen LogP contribution in [0.15, 0.2) is 54.7 Å². The van der Waals surface area contributed by atoms with E-state index in [9.17, 15) is 4.79 Å². The standard InChI is InChI=1S/C19H17ClN2O/c1-3-22(13(2)23)18-12-21-17-10-9-15(20)11-16(17)19(18)14-7-5-4-6-8-14/h4-12H,3H2,1-2H3. The van der Waals surface area contributed by atoms with Crippen molar-refractivity contribution in [1.82, 2.24) is 4.98 Å². The molecule has 0 atom stereocenters. The summed E-state index contributed by atoms with van der Waals surface area (Å²) < 4.78 is 0. The molecular formula is C19H17ClN2O. The molecular weight excluding hydrogens is 308 g/mol. The number of pyridine rings is 1. The molecule has 0 bridgehead atoms. The number of hydrogen-bond acceptors (Lipinski definition) is 2. The summed E-state index contributed by atoms with van der Waals surface area (Å²) in [5.41, 5.74) is 3.68. The Hall–Kier alpha value is -2.39. The first-order valence-corrected chi connectivity index (χ1v) is 7.91. The summed E-state index contributed by atoms with van der Waals surface area (Å²) in [6, 6.07) is 15.7. The van der Waals surface area contributed by atoms with E-state index in [1.165, 1.54) is 0 Å². The van der Waals surface area contributed by atoms with Gasteiger partial charge in [-0.05, 0) is 30.7 Å². The van der Waals surface area contributed by atoms with E-state index in [0.717, 1.165) is 27.7 Å². The molecule has 3 rings (SSSR count). The maximum Gasteiger partial charge on any atom is 0.223 e. The monoisotopic (exact) mass is 324 g/mol. The second-order valence-electron chi connectivity index (χ2n) is 5.31. The number of fused-ring (bicyclic) bond motifs is 1. The molecule has 1 amide bonds. The molecule has 1 aromatic heterocycles. The summed E-state index contributed by atoms with van der Waals surface area (Å²) >= 11 is 6.20. The summed E-state index contributed by atoms with van der Waals surface area (Å²) in [6.07, 6.45) is 1.77. The summed E-state index contributed by atoms with van der Waals surface area (Å²) in [5.74, 6) is -0.00661. The van der Waals surface area contributed by atoms with Gasteiger partial charge in [-0.3, -0.25) is 9.78 Å². The molecule has 0 unspecified atom stereocenters. The van der Waals surface area contributed by atoms with E-state index >= 15 is 0 Å². The molecule has 116 valence electrons. The van der Waals surface area contributed by atoms with Crippen molar-refractivity contribution in [2.24, 2.45) is 0 Å². The Balaban J connectivity index is 2.38. The molecule has 0 aliphatic heterocycles. The number of carbonyl (C=O) groups excluding carboxylic acids is 1. The molecule has 0 saturated heterocycles. The average Bonchev–Trinajstić information content (AvgIpc) is 2.55. The second kappa shape index (κ2) is 6.39. The van der Waals surface area contributed by atoms with E-state index in [4.69, 9.17) is 11.6 Å². The largest absolute Gasteiger partial charge is 0.311 e. The van der Waals surface area contributed by atoms with Gasteiger partial charge >= 0.3 is 0 Å². The van der Waals surface area contributed by atoms with Crippen molar-refractivity contribution in [2.75, 3.05) is 11.4 Å². The number of rotatable bonds is 3. The molecule has 2 aromatic carbocycles. The number of anilines is 1. The number of amides is 1. The first-order chi connectivity index (χ1) is 11.1. The molecule has 1 heterocycles. The predicted molar refractivity (Wildman–Crippen MR) is 95.9 cm³/mol. The molecule has 0 fully saturated rings. The second-order valence-corrected chi connectivity index (χ2v) is 5.75. The van der Waals surface area contributed by atoms with Gasteiger partial charge in [0.15, 0.2) is 0 Å². The lowest BCUT2D eigenvalue weighted by Crippen LogP contribution is -2.28. The third kappa shape index (κ3) is 2.92. The zero-order chi connectivity index (χ0) is 16.4. The third-order valence-electron chi connectivity index (χ3n) is 3.86. The number of aromatic nitrogens is 1. The fourth-order valence-corrected chi connectivity index (χ4v) is 3.00. The van der Waals surface area contributed by atoms with Crippen LogP contribution in [0.25, 0.3) is 22.0 Å². The molecule has 3 aromatic rings. The van der Waals surface area contributed by atoms with Crippen LogP contribution in [0.4, 0.5) is 5.69 Å². The van der Waals surface area contributed by atoms with E-state index in [0.29, 0.717) is 11.6 Å². The average molecular weight is 325 g/mol. The summed E-state index contributed by atoms with van der Waals surface area (Å²) in [6.45, 7) is 4.11. The first kappa shape index (κ1) is 15.5. The number of carbonyl (C=O) groups is 1. The number of halogens is 1. The smallest absolute Gasteiger partial charge is 0.223 e. The fraction of sp³-hybridized carbons (Fsp3) is 0.158. The van der Waals surface area contributed by atoms with Crippen LogP contribution < -0.4 is 4.90 Å². The maximum atomic E-state index is 12.0. The topological polar surface area (TPSA) is 33.2 Å². The Bertz CT molecular complexity index is 862. The minimum atomic E-state index is -0.00661. The van der Waals surface area contributed by atoms with Gasteiger partial charge in [-0.2, -0.15) is 0 Å². The summed E-state index contributed by atoms with van der Waals surface area (Å²) in [4.78, 5) is 18.3. The molecule has 0 saturated carbocycles. The zero-order valence-electron chi connectivity index (χ0n) is 13.1. The van der Waals surface area contributed by atoms with Crippen molar-refractivity contribution in [3.63, 3.8) is 0 Å². The van der Waals surface area contributed by atoms with Gasteiger partial charge in [0.2, 0.25) is 5.91 Å². The normalized spacial score (nSPS) is 10.7. The Morgan fingerprint density at radius 1 is 1.17 bits per heavy atom. The van der Waals surface area contributed by atoms with Crippen molar-refractivity contribution in [2.45, 2.75) is 13.8 Å². The minimum absolute atomic E-state index is 0.00661. The SMILES string of the molecule is CCN(C(C)=O)c1cnc2ccc(Cl)cc2c1-c1ccccc1. The number of nitrogens with zero attached hydrogens (tertiary/aromatic N) is 2. The van der Waals surface area contributed by atoms with Gasteiger partial charge in [0.05, 0.1) is 17.4 Å². The lowest BCUT2D eigenvalue weighted by atomic mass is 9.99. The Labute approximate surface area is 140 Å². The van der Waals surface area contributed by atoms with Crippen LogP contribution in [0.1, 0.15) is 13.8 Å².